The number of rotatable bonds is 4. The Kier molecular flexibility index (Phi) is 4.57. The van der Waals surface area contributed by atoms with Gasteiger partial charge in [0.1, 0.15) is 5.69 Å². The van der Waals surface area contributed by atoms with Gasteiger partial charge >= 0.3 is 6.03 Å². The van der Waals surface area contributed by atoms with Gasteiger partial charge in [-0.05, 0) is 30.5 Å². The van der Waals surface area contributed by atoms with Crippen LogP contribution >= 0.6 is 11.3 Å². The number of aromatic nitrogens is 1. The number of hydrogen-bond donors (Lipinski definition) is 1. The molecule has 5 nitrogen and oxygen atoms in total. The summed E-state index contributed by atoms with van der Waals surface area (Å²) in [5, 5.41) is 4.81. The van der Waals surface area contributed by atoms with Gasteiger partial charge in [-0.1, -0.05) is 6.07 Å². The zero-order valence-corrected chi connectivity index (χ0v) is 12.5. The highest BCUT2D eigenvalue weighted by molar-refractivity contribution is 7.10. The predicted octanol–water partition coefficient (Wildman–Crippen LogP) is 3.38. The van der Waals surface area contributed by atoms with Crippen LogP contribution in [0.25, 0.3) is 0 Å². The second-order valence-corrected chi connectivity index (χ2v) is 5.27. The lowest BCUT2D eigenvalue weighted by Crippen LogP contribution is -2.33. The number of thiophene rings is 1. The van der Waals surface area contributed by atoms with Gasteiger partial charge in [0.25, 0.3) is 0 Å². The molecule has 0 saturated heterocycles. The van der Waals surface area contributed by atoms with Crippen molar-refractivity contribution < 1.29 is 9.53 Å². The Hall–Kier alpha value is -2.08. The largest absolute Gasteiger partial charge is 0.480 e. The normalized spacial score (nSPS) is 11.8. The number of methoxy groups -OCH3 is 1. The summed E-state index contributed by atoms with van der Waals surface area (Å²) < 4.78 is 5.12. The molecule has 6 heteroatoms. The zero-order valence-electron chi connectivity index (χ0n) is 11.7. The van der Waals surface area contributed by atoms with Crippen molar-refractivity contribution in [1.82, 2.24) is 9.88 Å². The maximum atomic E-state index is 12.3. The smallest absolute Gasteiger partial charge is 0.322 e. The van der Waals surface area contributed by atoms with E-state index in [4.69, 9.17) is 4.74 Å². The van der Waals surface area contributed by atoms with Crippen LogP contribution in [0.15, 0.2) is 35.8 Å². The molecule has 0 radical (unpaired) electrons. The standard InChI is InChI=1S/C14H17N3O2S/c1-10(12-7-5-9-20-12)17(2)14(18)16-11-6-4-8-15-13(11)19-3/h4-10H,1-3H3,(H,16,18). The van der Waals surface area contributed by atoms with Crippen LogP contribution in [-0.2, 0) is 0 Å². The summed E-state index contributed by atoms with van der Waals surface area (Å²) >= 11 is 1.63. The fourth-order valence-corrected chi connectivity index (χ4v) is 2.57. The molecule has 0 aliphatic rings. The van der Waals surface area contributed by atoms with Crippen molar-refractivity contribution in [3.8, 4) is 5.88 Å². The highest BCUT2D eigenvalue weighted by Crippen LogP contribution is 2.25. The van der Waals surface area contributed by atoms with Gasteiger partial charge < -0.3 is 15.0 Å². The molecule has 0 fully saturated rings. The number of amides is 2. The van der Waals surface area contributed by atoms with E-state index in [1.165, 1.54) is 7.11 Å². The van der Waals surface area contributed by atoms with Gasteiger partial charge in [-0.3, -0.25) is 0 Å². The Labute approximate surface area is 122 Å². The third kappa shape index (κ3) is 3.08. The van der Waals surface area contributed by atoms with E-state index >= 15 is 0 Å². The van der Waals surface area contributed by atoms with Crippen molar-refractivity contribution in [2.45, 2.75) is 13.0 Å². The van der Waals surface area contributed by atoms with E-state index in [1.807, 2.05) is 24.4 Å². The second kappa shape index (κ2) is 6.38. The summed E-state index contributed by atoms with van der Waals surface area (Å²) in [6.45, 7) is 1.99. The third-order valence-electron chi connectivity index (χ3n) is 3.06. The molecule has 2 aromatic rings. The summed E-state index contributed by atoms with van der Waals surface area (Å²) in [4.78, 5) is 19.1. The van der Waals surface area contributed by atoms with Crippen LogP contribution in [0, 0.1) is 0 Å². The lowest BCUT2D eigenvalue weighted by Gasteiger charge is -2.24. The Bertz CT molecular complexity index is 572. The van der Waals surface area contributed by atoms with Gasteiger partial charge in [0.15, 0.2) is 0 Å². The fraction of sp³-hybridized carbons (Fsp3) is 0.286. The molecule has 0 aromatic carbocycles. The summed E-state index contributed by atoms with van der Waals surface area (Å²) in [7, 11) is 3.29. The first-order valence-corrected chi connectivity index (χ1v) is 7.07. The highest BCUT2D eigenvalue weighted by atomic mass is 32.1. The Morgan fingerprint density at radius 1 is 1.45 bits per heavy atom. The minimum atomic E-state index is -0.197. The molecule has 2 amide bonds. The topological polar surface area (TPSA) is 54.5 Å². The number of carbonyl (C=O) groups excluding carboxylic acids is 1. The average Bonchev–Trinajstić information content (AvgIpc) is 3.00. The first kappa shape index (κ1) is 14.3. The molecule has 1 N–H and O–H groups in total. The van der Waals surface area contributed by atoms with Gasteiger partial charge in [-0.25, -0.2) is 9.78 Å². The van der Waals surface area contributed by atoms with Crippen LogP contribution in [-0.4, -0.2) is 30.1 Å². The van der Waals surface area contributed by atoms with Crippen LogP contribution < -0.4 is 10.1 Å². The van der Waals surface area contributed by atoms with Crippen molar-refractivity contribution in [1.29, 1.82) is 0 Å². The molecule has 2 rings (SSSR count). The van der Waals surface area contributed by atoms with Crippen LogP contribution in [0.1, 0.15) is 17.8 Å². The van der Waals surface area contributed by atoms with E-state index < -0.39 is 0 Å². The maximum Gasteiger partial charge on any atom is 0.322 e. The Morgan fingerprint density at radius 3 is 2.90 bits per heavy atom. The number of nitrogens with zero attached hydrogens (tertiary/aromatic N) is 2. The van der Waals surface area contributed by atoms with Crippen molar-refractivity contribution in [3.63, 3.8) is 0 Å². The molecule has 2 heterocycles. The van der Waals surface area contributed by atoms with Crippen molar-refractivity contribution in [2.75, 3.05) is 19.5 Å². The Morgan fingerprint density at radius 2 is 2.25 bits per heavy atom. The van der Waals surface area contributed by atoms with Crippen LogP contribution in [0.4, 0.5) is 10.5 Å². The predicted molar refractivity (Wildman–Crippen MR) is 80.3 cm³/mol. The van der Waals surface area contributed by atoms with Gasteiger partial charge in [0, 0.05) is 18.1 Å². The lowest BCUT2D eigenvalue weighted by atomic mass is 10.2. The van der Waals surface area contributed by atoms with Crippen LogP contribution in [0.5, 0.6) is 5.88 Å². The number of ether oxygens (including phenoxy) is 1. The minimum Gasteiger partial charge on any atom is -0.480 e. The number of carbonyl (C=O) groups is 1. The molecule has 20 heavy (non-hydrogen) atoms. The maximum absolute atomic E-state index is 12.3. The average molecular weight is 291 g/mol. The molecule has 1 unspecified atom stereocenters. The first-order valence-electron chi connectivity index (χ1n) is 6.19. The van der Waals surface area contributed by atoms with Crippen LogP contribution in [0.2, 0.25) is 0 Å². The van der Waals surface area contributed by atoms with E-state index in [9.17, 15) is 4.79 Å². The van der Waals surface area contributed by atoms with E-state index in [0.29, 0.717) is 11.6 Å². The SMILES string of the molecule is COc1ncccc1NC(=O)N(C)C(C)c1cccs1. The summed E-state index contributed by atoms with van der Waals surface area (Å²) in [5.41, 5.74) is 0.560. The summed E-state index contributed by atoms with van der Waals surface area (Å²) in [6.07, 6.45) is 1.62. The van der Waals surface area contributed by atoms with E-state index in [-0.39, 0.29) is 12.1 Å². The number of pyridine rings is 1. The number of nitrogens with one attached hydrogen (secondary N) is 1. The molecular formula is C14H17N3O2S. The van der Waals surface area contributed by atoms with E-state index in [2.05, 4.69) is 10.3 Å². The van der Waals surface area contributed by atoms with Gasteiger partial charge in [0.2, 0.25) is 5.88 Å². The molecule has 0 bridgehead atoms. The zero-order chi connectivity index (χ0) is 14.5. The van der Waals surface area contributed by atoms with Gasteiger partial charge in [-0.15, -0.1) is 11.3 Å². The lowest BCUT2D eigenvalue weighted by molar-refractivity contribution is 0.209. The monoisotopic (exact) mass is 291 g/mol. The van der Waals surface area contributed by atoms with Crippen molar-refractivity contribution >= 4 is 23.1 Å². The number of urea groups is 1. The highest BCUT2D eigenvalue weighted by Gasteiger charge is 2.19. The molecule has 0 saturated carbocycles. The molecular weight excluding hydrogens is 274 g/mol. The minimum absolute atomic E-state index is 0.0117. The summed E-state index contributed by atoms with van der Waals surface area (Å²) in [5.74, 6) is 0.401. The van der Waals surface area contributed by atoms with Gasteiger partial charge in [0.05, 0.1) is 13.2 Å². The molecule has 0 aliphatic heterocycles. The molecule has 0 aliphatic carbocycles. The molecule has 1 atom stereocenters. The molecule has 106 valence electrons. The van der Waals surface area contributed by atoms with Crippen molar-refractivity contribution in [2.24, 2.45) is 0 Å². The molecule has 0 spiro atoms. The quantitative estimate of drug-likeness (QED) is 0.939. The van der Waals surface area contributed by atoms with Crippen molar-refractivity contribution in [3.05, 3.63) is 40.7 Å². The fourth-order valence-electron chi connectivity index (χ4n) is 1.75. The second-order valence-electron chi connectivity index (χ2n) is 4.29. The Balaban J connectivity index is 2.08. The van der Waals surface area contributed by atoms with Crippen LogP contribution in [0.3, 0.4) is 0 Å². The third-order valence-corrected chi connectivity index (χ3v) is 4.10. The van der Waals surface area contributed by atoms with E-state index in [1.54, 1.807) is 41.6 Å². The summed E-state index contributed by atoms with van der Waals surface area (Å²) in [6, 6.07) is 7.32. The first-order chi connectivity index (χ1) is 9.63. The number of hydrogen-bond acceptors (Lipinski definition) is 4. The number of anilines is 1. The van der Waals surface area contributed by atoms with E-state index in [0.717, 1.165) is 4.88 Å². The molecule has 2 aromatic heterocycles. The van der Waals surface area contributed by atoms with Gasteiger partial charge in [-0.2, -0.15) is 0 Å².